The van der Waals surface area contributed by atoms with Crippen LogP contribution in [0.4, 0.5) is 5.69 Å². The number of oxazole rings is 1. The Balaban J connectivity index is 1.36. The molecule has 0 fully saturated rings. The van der Waals surface area contributed by atoms with Crippen molar-refractivity contribution in [2.24, 2.45) is 0 Å². The van der Waals surface area contributed by atoms with E-state index in [1.165, 1.54) is 0 Å². The average molecular weight is 416 g/mol. The maximum Gasteiger partial charge on any atom is 0.257 e. The molecule has 0 atom stereocenters. The molecule has 150 valence electrons. The highest BCUT2D eigenvalue weighted by Crippen LogP contribution is 2.20. The predicted octanol–water partition coefficient (Wildman–Crippen LogP) is 5.16. The first-order chi connectivity index (χ1) is 14.5. The van der Waals surface area contributed by atoms with Gasteiger partial charge in [-0.05, 0) is 73.6 Å². The maximum absolute atomic E-state index is 12.3. The predicted molar refractivity (Wildman–Crippen MR) is 123 cm³/mol. The number of aromatic nitrogens is 1. The smallest absolute Gasteiger partial charge is 0.257 e. The van der Waals surface area contributed by atoms with E-state index in [1.807, 2.05) is 68.4 Å². The number of aryl methyl sites for hydroxylation is 2. The second-order valence-corrected chi connectivity index (χ2v) is 7.64. The Hall–Kier alpha value is -3.51. The average Bonchev–Trinajstić information content (AvgIpc) is 3.11. The number of thiocarbonyl (C=S) groups is 1. The minimum atomic E-state index is -0.240. The van der Waals surface area contributed by atoms with Crippen molar-refractivity contribution in [1.82, 2.24) is 10.3 Å². The highest BCUT2D eigenvalue weighted by Gasteiger charge is 2.09. The maximum atomic E-state index is 12.3. The van der Waals surface area contributed by atoms with Crippen molar-refractivity contribution in [3.05, 3.63) is 94.9 Å². The first kappa shape index (κ1) is 19.8. The summed E-state index contributed by atoms with van der Waals surface area (Å²) in [5, 5.41) is 5.98. The van der Waals surface area contributed by atoms with E-state index in [1.54, 1.807) is 12.1 Å². The minimum absolute atomic E-state index is 0.240. The second-order valence-electron chi connectivity index (χ2n) is 7.23. The molecule has 4 rings (SSSR count). The fraction of sp³-hybridized carbons (Fsp3) is 0.125. The lowest BCUT2D eigenvalue weighted by Gasteiger charge is -2.10. The number of amides is 1. The standard InChI is InChI=1S/C24H21N3O2S/c1-15-3-8-18(9-4-15)23(28)27-24(30)25-19-10-6-17(7-11-19)14-22-26-20-13-16(2)5-12-21(20)29-22/h3-13H,14H2,1-2H3,(H2,25,27,28,30). The van der Waals surface area contributed by atoms with Gasteiger partial charge in [0.1, 0.15) is 5.52 Å². The van der Waals surface area contributed by atoms with Gasteiger partial charge in [-0.1, -0.05) is 35.9 Å². The Morgan fingerprint density at radius 1 is 0.967 bits per heavy atom. The lowest BCUT2D eigenvalue weighted by Crippen LogP contribution is -2.34. The SMILES string of the molecule is Cc1ccc(C(=O)NC(=S)Nc2ccc(Cc3nc4cc(C)ccc4o3)cc2)cc1. The van der Waals surface area contributed by atoms with Crippen molar-refractivity contribution in [3.8, 4) is 0 Å². The fourth-order valence-electron chi connectivity index (χ4n) is 3.08. The first-order valence-electron chi connectivity index (χ1n) is 9.60. The molecule has 1 aromatic heterocycles. The first-order valence-corrected chi connectivity index (χ1v) is 10.0. The van der Waals surface area contributed by atoms with Gasteiger partial charge in [-0.25, -0.2) is 4.98 Å². The van der Waals surface area contributed by atoms with Gasteiger partial charge in [0.25, 0.3) is 5.91 Å². The van der Waals surface area contributed by atoms with Crippen LogP contribution >= 0.6 is 12.2 Å². The van der Waals surface area contributed by atoms with Crippen LogP contribution in [0.2, 0.25) is 0 Å². The molecule has 0 saturated carbocycles. The highest BCUT2D eigenvalue weighted by atomic mass is 32.1. The van der Waals surface area contributed by atoms with E-state index >= 15 is 0 Å². The summed E-state index contributed by atoms with van der Waals surface area (Å²) in [4.78, 5) is 16.8. The Labute approximate surface area is 180 Å². The monoisotopic (exact) mass is 415 g/mol. The Morgan fingerprint density at radius 3 is 2.40 bits per heavy atom. The van der Waals surface area contributed by atoms with Gasteiger partial charge in [0, 0.05) is 17.7 Å². The molecule has 0 unspecified atom stereocenters. The largest absolute Gasteiger partial charge is 0.440 e. The number of anilines is 1. The van der Waals surface area contributed by atoms with Crippen molar-refractivity contribution in [1.29, 1.82) is 0 Å². The number of hydrogen-bond donors (Lipinski definition) is 2. The van der Waals surface area contributed by atoms with Gasteiger partial charge in [-0.3, -0.25) is 10.1 Å². The van der Waals surface area contributed by atoms with Gasteiger partial charge < -0.3 is 9.73 Å². The quantitative estimate of drug-likeness (QED) is 0.451. The van der Waals surface area contributed by atoms with E-state index in [0.29, 0.717) is 17.9 Å². The number of carbonyl (C=O) groups excluding carboxylic acids is 1. The molecular formula is C24H21N3O2S. The Kier molecular flexibility index (Phi) is 5.59. The van der Waals surface area contributed by atoms with E-state index in [-0.39, 0.29) is 11.0 Å². The molecule has 2 N–H and O–H groups in total. The molecule has 0 bridgehead atoms. The molecule has 1 heterocycles. The molecule has 0 aliphatic rings. The van der Waals surface area contributed by atoms with Crippen LogP contribution in [0.5, 0.6) is 0 Å². The van der Waals surface area contributed by atoms with Crippen LogP contribution < -0.4 is 10.6 Å². The van der Waals surface area contributed by atoms with Crippen molar-refractivity contribution in [2.45, 2.75) is 20.3 Å². The lowest BCUT2D eigenvalue weighted by atomic mass is 10.1. The van der Waals surface area contributed by atoms with Crippen molar-refractivity contribution in [3.63, 3.8) is 0 Å². The summed E-state index contributed by atoms with van der Waals surface area (Å²) in [5.74, 6) is 0.438. The third-order valence-corrected chi connectivity index (χ3v) is 4.90. The van der Waals surface area contributed by atoms with Crippen LogP contribution in [0, 0.1) is 13.8 Å². The molecular weight excluding hydrogens is 394 g/mol. The topological polar surface area (TPSA) is 67.2 Å². The molecule has 6 heteroatoms. The Bertz CT molecular complexity index is 1210. The molecule has 30 heavy (non-hydrogen) atoms. The van der Waals surface area contributed by atoms with E-state index in [4.69, 9.17) is 16.6 Å². The molecule has 1 amide bonds. The van der Waals surface area contributed by atoms with Gasteiger partial charge in [-0.2, -0.15) is 0 Å². The summed E-state index contributed by atoms with van der Waals surface area (Å²) in [6, 6.07) is 21.1. The van der Waals surface area contributed by atoms with Gasteiger partial charge >= 0.3 is 0 Å². The van der Waals surface area contributed by atoms with Crippen LogP contribution in [0.15, 0.2) is 71.1 Å². The molecule has 0 spiro atoms. The molecule has 3 aromatic carbocycles. The van der Waals surface area contributed by atoms with Crippen LogP contribution in [0.3, 0.4) is 0 Å². The van der Waals surface area contributed by atoms with E-state index in [0.717, 1.165) is 33.5 Å². The van der Waals surface area contributed by atoms with Crippen LogP contribution in [-0.4, -0.2) is 16.0 Å². The van der Waals surface area contributed by atoms with E-state index in [2.05, 4.69) is 15.6 Å². The second kappa shape index (κ2) is 8.47. The summed E-state index contributed by atoms with van der Waals surface area (Å²) in [6.07, 6.45) is 0.600. The minimum Gasteiger partial charge on any atom is -0.440 e. The fourth-order valence-corrected chi connectivity index (χ4v) is 3.29. The molecule has 0 aliphatic heterocycles. The number of nitrogens with one attached hydrogen (secondary N) is 2. The van der Waals surface area contributed by atoms with Crippen molar-refractivity contribution >= 4 is 40.0 Å². The molecule has 4 aromatic rings. The van der Waals surface area contributed by atoms with E-state index in [9.17, 15) is 4.79 Å². The molecule has 5 nitrogen and oxygen atoms in total. The summed E-state index contributed by atoms with van der Waals surface area (Å²) in [6.45, 7) is 4.01. The number of rotatable bonds is 4. The number of carbonyl (C=O) groups is 1. The molecule has 0 aliphatic carbocycles. The summed E-state index contributed by atoms with van der Waals surface area (Å²) in [5.41, 5.74) is 6.35. The molecule has 0 radical (unpaired) electrons. The van der Waals surface area contributed by atoms with Gasteiger partial charge in [0.2, 0.25) is 0 Å². The van der Waals surface area contributed by atoms with Crippen LogP contribution in [0.1, 0.15) is 32.9 Å². The zero-order chi connectivity index (χ0) is 21.1. The zero-order valence-corrected chi connectivity index (χ0v) is 17.5. The third kappa shape index (κ3) is 4.72. The number of benzene rings is 3. The third-order valence-electron chi connectivity index (χ3n) is 4.70. The number of hydrogen-bond acceptors (Lipinski definition) is 4. The number of nitrogens with zero attached hydrogens (tertiary/aromatic N) is 1. The summed E-state index contributed by atoms with van der Waals surface area (Å²) in [7, 11) is 0. The van der Waals surface area contributed by atoms with E-state index < -0.39 is 0 Å². The van der Waals surface area contributed by atoms with Crippen LogP contribution in [0.25, 0.3) is 11.1 Å². The van der Waals surface area contributed by atoms with Gasteiger partial charge in [0.15, 0.2) is 16.6 Å². The van der Waals surface area contributed by atoms with Gasteiger partial charge in [0.05, 0.1) is 0 Å². The highest BCUT2D eigenvalue weighted by molar-refractivity contribution is 7.80. The molecule has 0 saturated heterocycles. The summed E-state index contributed by atoms with van der Waals surface area (Å²) >= 11 is 5.26. The lowest BCUT2D eigenvalue weighted by molar-refractivity contribution is 0.0977. The number of fused-ring (bicyclic) bond motifs is 1. The Morgan fingerprint density at radius 2 is 1.67 bits per heavy atom. The van der Waals surface area contributed by atoms with Crippen molar-refractivity contribution < 1.29 is 9.21 Å². The zero-order valence-electron chi connectivity index (χ0n) is 16.7. The summed E-state index contributed by atoms with van der Waals surface area (Å²) < 4.78 is 5.82. The van der Waals surface area contributed by atoms with Crippen molar-refractivity contribution in [2.75, 3.05) is 5.32 Å². The normalized spacial score (nSPS) is 10.7. The van der Waals surface area contributed by atoms with Crippen LogP contribution in [-0.2, 0) is 6.42 Å². The van der Waals surface area contributed by atoms with Gasteiger partial charge in [-0.15, -0.1) is 0 Å².